The molecule has 1 aliphatic rings. The lowest BCUT2D eigenvalue weighted by atomic mass is 10.0. The molecular formula is C10H12BrNO2. The summed E-state index contributed by atoms with van der Waals surface area (Å²) in [6.45, 7) is 3.01. The maximum Gasteiger partial charge on any atom is 0.231 e. The first kappa shape index (κ1) is 9.80. The van der Waals surface area contributed by atoms with Gasteiger partial charge in [0.2, 0.25) is 6.79 Å². The van der Waals surface area contributed by atoms with Gasteiger partial charge in [0.25, 0.3) is 0 Å². The van der Waals surface area contributed by atoms with Crippen LogP contribution in [0.15, 0.2) is 16.6 Å². The number of rotatable bonds is 2. The van der Waals surface area contributed by atoms with Gasteiger partial charge in [-0.25, -0.2) is 0 Å². The van der Waals surface area contributed by atoms with Gasteiger partial charge in [-0.05, 0) is 40.0 Å². The summed E-state index contributed by atoms with van der Waals surface area (Å²) >= 11 is 3.51. The van der Waals surface area contributed by atoms with E-state index in [0.29, 0.717) is 19.3 Å². The number of nitrogens with two attached hydrogens (primary N) is 1. The zero-order chi connectivity index (χ0) is 10.1. The van der Waals surface area contributed by atoms with Crippen LogP contribution in [-0.2, 0) is 0 Å². The third-order valence-corrected chi connectivity index (χ3v) is 3.21. The molecule has 4 heteroatoms. The highest BCUT2D eigenvalue weighted by Gasteiger charge is 2.20. The molecule has 1 atom stereocenters. The van der Waals surface area contributed by atoms with Crippen molar-refractivity contribution in [3.63, 3.8) is 0 Å². The number of halogens is 1. The monoisotopic (exact) mass is 257 g/mol. The molecule has 0 amide bonds. The summed E-state index contributed by atoms with van der Waals surface area (Å²) in [4.78, 5) is 0. The number of hydrogen-bond acceptors (Lipinski definition) is 3. The molecule has 1 aliphatic heterocycles. The highest BCUT2D eigenvalue weighted by molar-refractivity contribution is 9.10. The minimum absolute atomic E-state index is 0.300. The number of benzene rings is 1. The summed E-state index contributed by atoms with van der Waals surface area (Å²) in [5, 5.41) is 0. The Hall–Kier alpha value is -0.740. The summed E-state index contributed by atoms with van der Waals surface area (Å²) in [6, 6.07) is 3.95. The number of ether oxygens (including phenoxy) is 2. The van der Waals surface area contributed by atoms with Crippen molar-refractivity contribution < 1.29 is 9.47 Å². The first-order chi connectivity index (χ1) is 6.74. The van der Waals surface area contributed by atoms with E-state index in [4.69, 9.17) is 15.2 Å². The Labute approximate surface area is 91.3 Å². The van der Waals surface area contributed by atoms with Crippen molar-refractivity contribution >= 4 is 15.9 Å². The average molecular weight is 258 g/mol. The molecule has 1 heterocycles. The molecule has 2 N–H and O–H groups in total. The number of hydrogen-bond donors (Lipinski definition) is 1. The van der Waals surface area contributed by atoms with Crippen molar-refractivity contribution in [3.05, 3.63) is 22.2 Å². The highest BCUT2D eigenvalue weighted by Crippen LogP contribution is 2.42. The Morgan fingerprint density at radius 2 is 2.29 bits per heavy atom. The van der Waals surface area contributed by atoms with E-state index in [9.17, 15) is 0 Å². The van der Waals surface area contributed by atoms with Gasteiger partial charge in [0.15, 0.2) is 11.5 Å². The molecule has 2 rings (SSSR count). The summed E-state index contributed by atoms with van der Waals surface area (Å²) in [7, 11) is 0. The molecule has 1 aromatic rings. The minimum Gasteiger partial charge on any atom is -0.454 e. The fourth-order valence-electron chi connectivity index (χ4n) is 1.46. The van der Waals surface area contributed by atoms with Crippen molar-refractivity contribution in [2.75, 3.05) is 13.3 Å². The molecular weight excluding hydrogens is 246 g/mol. The predicted octanol–water partition coefficient (Wildman–Crippen LogP) is 2.24. The van der Waals surface area contributed by atoms with Gasteiger partial charge >= 0.3 is 0 Å². The van der Waals surface area contributed by atoms with Crippen molar-refractivity contribution in [2.45, 2.75) is 12.8 Å². The molecule has 14 heavy (non-hydrogen) atoms. The van der Waals surface area contributed by atoms with Crippen LogP contribution in [0.2, 0.25) is 0 Å². The molecule has 0 saturated carbocycles. The molecule has 1 aromatic carbocycles. The van der Waals surface area contributed by atoms with Crippen molar-refractivity contribution in [2.24, 2.45) is 5.73 Å². The zero-order valence-corrected chi connectivity index (χ0v) is 9.50. The lowest BCUT2D eigenvalue weighted by Crippen LogP contribution is -2.09. The minimum atomic E-state index is 0.300. The number of fused-ring (bicyclic) bond motifs is 1. The third-order valence-electron chi connectivity index (χ3n) is 2.39. The topological polar surface area (TPSA) is 44.5 Å². The van der Waals surface area contributed by atoms with Crippen LogP contribution >= 0.6 is 15.9 Å². The summed E-state index contributed by atoms with van der Waals surface area (Å²) in [5.74, 6) is 1.91. The second-order valence-corrected chi connectivity index (χ2v) is 4.13. The molecule has 0 saturated heterocycles. The van der Waals surface area contributed by atoms with Gasteiger partial charge in [0.05, 0.1) is 4.47 Å². The van der Waals surface area contributed by atoms with Crippen LogP contribution in [0.25, 0.3) is 0 Å². The molecule has 1 unspecified atom stereocenters. The first-order valence-electron chi connectivity index (χ1n) is 4.52. The maximum absolute atomic E-state index is 5.63. The second kappa shape index (κ2) is 3.79. The molecule has 0 fully saturated rings. The molecule has 0 spiro atoms. The van der Waals surface area contributed by atoms with E-state index >= 15 is 0 Å². The summed E-state index contributed by atoms with van der Waals surface area (Å²) in [5.41, 5.74) is 6.79. The third kappa shape index (κ3) is 1.48. The smallest absolute Gasteiger partial charge is 0.231 e. The van der Waals surface area contributed by atoms with Crippen LogP contribution in [0.4, 0.5) is 0 Å². The van der Waals surface area contributed by atoms with E-state index in [1.807, 2.05) is 12.1 Å². The van der Waals surface area contributed by atoms with Gasteiger partial charge in [-0.3, -0.25) is 0 Å². The Kier molecular flexibility index (Phi) is 2.65. The quantitative estimate of drug-likeness (QED) is 0.884. The van der Waals surface area contributed by atoms with Crippen LogP contribution in [0, 0.1) is 0 Å². The lowest BCUT2D eigenvalue weighted by Gasteiger charge is -2.12. The standard InChI is InChI=1S/C10H12BrNO2/c1-6(4-12)7-2-3-8-10(9(7)11)14-5-13-8/h2-3,6H,4-5,12H2,1H3. The van der Waals surface area contributed by atoms with Crippen molar-refractivity contribution in [1.29, 1.82) is 0 Å². The van der Waals surface area contributed by atoms with Gasteiger partial charge in [0, 0.05) is 0 Å². The van der Waals surface area contributed by atoms with Gasteiger partial charge < -0.3 is 15.2 Å². The molecule has 0 bridgehead atoms. The van der Waals surface area contributed by atoms with Crippen LogP contribution in [0.5, 0.6) is 11.5 Å². The Morgan fingerprint density at radius 3 is 3.00 bits per heavy atom. The normalized spacial score (nSPS) is 15.6. The van der Waals surface area contributed by atoms with E-state index in [1.165, 1.54) is 0 Å². The fraction of sp³-hybridized carbons (Fsp3) is 0.400. The molecule has 3 nitrogen and oxygen atoms in total. The van der Waals surface area contributed by atoms with E-state index in [0.717, 1.165) is 21.5 Å². The highest BCUT2D eigenvalue weighted by atomic mass is 79.9. The van der Waals surface area contributed by atoms with E-state index in [2.05, 4.69) is 22.9 Å². The first-order valence-corrected chi connectivity index (χ1v) is 5.31. The zero-order valence-electron chi connectivity index (χ0n) is 7.92. The predicted molar refractivity (Wildman–Crippen MR) is 57.7 cm³/mol. The van der Waals surface area contributed by atoms with Crippen LogP contribution in [-0.4, -0.2) is 13.3 Å². The van der Waals surface area contributed by atoms with E-state index in [1.54, 1.807) is 0 Å². The summed E-state index contributed by atoms with van der Waals surface area (Å²) < 4.78 is 11.6. The summed E-state index contributed by atoms with van der Waals surface area (Å²) in [6.07, 6.45) is 0. The second-order valence-electron chi connectivity index (χ2n) is 3.34. The van der Waals surface area contributed by atoms with Crippen LogP contribution in [0.3, 0.4) is 0 Å². The van der Waals surface area contributed by atoms with Gasteiger partial charge in [-0.15, -0.1) is 0 Å². The van der Waals surface area contributed by atoms with Gasteiger partial charge in [0.1, 0.15) is 0 Å². The Balaban J connectivity index is 2.44. The molecule has 0 aromatic heterocycles. The van der Waals surface area contributed by atoms with Crippen molar-refractivity contribution in [1.82, 2.24) is 0 Å². The van der Waals surface area contributed by atoms with Gasteiger partial charge in [-0.2, -0.15) is 0 Å². The van der Waals surface area contributed by atoms with Crippen LogP contribution in [0.1, 0.15) is 18.4 Å². The van der Waals surface area contributed by atoms with Gasteiger partial charge in [-0.1, -0.05) is 13.0 Å². The maximum atomic E-state index is 5.63. The molecule has 0 aliphatic carbocycles. The largest absolute Gasteiger partial charge is 0.454 e. The van der Waals surface area contributed by atoms with E-state index in [-0.39, 0.29) is 0 Å². The van der Waals surface area contributed by atoms with Crippen LogP contribution < -0.4 is 15.2 Å². The average Bonchev–Trinajstić information content (AvgIpc) is 2.66. The molecule has 76 valence electrons. The fourth-order valence-corrected chi connectivity index (χ4v) is 2.29. The SMILES string of the molecule is CC(CN)c1ccc2c(c1Br)OCO2. The Bertz CT molecular complexity index is 354. The molecule has 0 radical (unpaired) electrons. The lowest BCUT2D eigenvalue weighted by molar-refractivity contribution is 0.173. The van der Waals surface area contributed by atoms with Crippen molar-refractivity contribution in [3.8, 4) is 11.5 Å². The Morgan fingerprint density at radius 1 is 1.50 bits per heavy atom. The van der Waals surface area contributed by atoms with E-state index < -0.39 is 0 Å².